The Morgan fingerprint density at radius 3 is 2.58 bits per heavy atom. The number of aromatic nitrogens is 2. The number of aromatic amines is 1. The normalized spacial score (nSPS) is 20.1. The van der Waals surface area contributed by atoms with E-state index in [1.807, 2.05) is 0 Å². The van der Waals surface area contributed by atoms with Crippen LogP contribution in [0.5, 0.6) is 0 Å². The minimum Gasteiger partial charge on any atom is -0.369 e. The summed E-state index contributed by atoms with van der Waals surface area (Å²) in [6.45, 7) is 7.97. The molecule has 1 aliphatic heterocycles. The molecule has 8 heteroatoms. The first kappa shape index (κ1) is 22.0. The van der Waals surface area contributed by atoms with Crippen LogP contribution < -0.4 is 11.3 Å². The number of rotatable bonds is 4. The number of fused-ring (bicyclic) bond motifs is 3. The number of hydrogen-bond acceptors (Lipinski definition) is 5. The third-order valence-electron chi connectivity index (χ3n) is 7.02. The van der Waals surface area contributed by atoms with Crippen LogP contribution in [0.15, 0.2) is 4.79 Å². The minimum absolute atomic E-state index is 0.0316. The second kappa shape index (κ2) is 8.37. The number of likely N-dealkylation sites (tertiary alicyclic amines) is 1. The Hall–Kier alpha value is -2.22. The Balaban J connectivity index is 1.45. The van der Waals surface area contributed by atoms with Gasteiger partial charge in [0.05, 0.1) is 5.39 Å². The van der Waals surface area contributed by atoms with Gasteiger partial charge in [-0.05, 0) is 49.0 Å². The summed E-state index contributed by atoms with van der Waals surface area (Å²) in [6.07, 6.45) is 5.00. The van der Waals surface area contributed by atoms with Gasteiger partial charge in [-0.15, -0.1) is 11.3 Å². The van der Waals surface area contributed by atoms with Crippen LogP contribution >= 0.6 is 11.3 Å². The maximum atomic E-state index is 12.8. The van der Waals surface area contributed by atoms with E-state index in [0.29, 0.717) is 50.5 Å². The number of nitrogens with one attached hydrogen (secondary N) is 1. The summed E-state index contributed by atoms with van der Waals surface area (Å²) in [5, 5.41) is 0.746. The number of piperidine rings is 1. The van der Waals surface area contributed by atoms with E-state index in [4.69, 9.17) is 10.7 Å². The number of aryl methyl sites for hydroxylation is 2. The Morgan fingerprint density at radius 1 is 1.23 bits per heavy atom. The zero-order chi connectivity index (χ0) is 22.3. The summed E-state index contributed by atoms with van der Waals surface area (Å²) < 4.78 is 0. The predicted octanol–water partition coefficient (Wildman–Crippen LogP) is 2.79. The van der Waals surface area contributed by atoms with Gasteiger partial charge >= 0.3 is 0 Å². The lowest BCUT2D eigenvalue weighted by Gasteiger charge is -2.33. The Labute approximate surface area is 186 Å². The van der Waals surface area contributed by atoms with E-state index in [2.05, 4.69) is 25.8 Å². The van der Waals surface area contributed by atoms with Gasteiger partial charge < -0.3 is 15.6 Å². The number of amides is 2. The number of nitrogens with zero attached hydrogens (tertiary/aromatic N) is 2. The molecular weight excluding hydrogens is 412 g/mol. The van der Waals surface area contributed by atoms with Crippen LogP contribution in [-0.4, -0.2) is 39.8 Å². The third-order valence-corrected chi connectivity index (χ3v) is 8.17. The molecule has 2 amide bonds. The third kappa shape index (κ3) is 4.54. The second-order valence-electron chi connectivity index (χ2n) is 10.1. The molecule has 2 aromatic heterocycles. The fraction of sp³-hybridized carbons (Fsp3) is 0.652. The number of carbonyl (C=O) groups is 2. The van der Waals surface area contributed by atoms with Crippen molar-refractivity contribution in [1.29, 1.82) is 0 Å². The van der Waals surface area contributed by atoms with Gasteiger partial charge in [0.2, 0.25) is 11.8 Å². The Morgan fingerprint density at radius 2 is 1.94 bits per heavy atom. The molecule has 1 fully saturated rings. The molecular formula is C23H32N4O3S. The average Bonchev–Trinajstić information content (AvgIpc) is 3.09. The van der Waals surface area contributed by atoms with Crippen molar-refractivity contribution in [3.05, 3.63) is 26.6 Å². The van der Waals surface area contributed by atoms with E-state index in [1.165, 1.54) is 10.4 Å². The Kier molecular flexibility index (Phi) is 5.94. The summed E-state index contributed by atoms with van der Waals surface area (Å²) >= 11 is 1.64. The zero-order valence-electron chi connectivity index (χ0n) is 18.6. The lowest BCUT2D eigenvalue weighted by Crippen LogP contribution is -2.41. The zero-order valence-corrected chi connectivity index (χ0v) is 19.4. The SMILES string of the molecule is CC(C)(C)[C@@H]1CCc2c(sc3nc(CCC(=O)N4CCC(C(N)=O)CC4)[nH]c(=O)c23)C1. The lowest BCUT2D eigenvalue weighted by atomic mass is 9.72. The van der Waals surface area contributed by atoms with Crippen molar-refractivity contribution in [2.45, 2.75) is 65.7 Å². The van der Waals surface area contributed by atoms with Gasteiger partial charge in [0.15, 0.2) is 0 Å². The summed E-state index contributed by atoms with van der Waals surface area (Å²) in [6, 6.07) is 0. The van der Waals surface area contributed by atoms with E-state index in [9.17, 15) is 14.4 Å². The van der Waals surface area contributed by atoms with Crippen molar-refractivity contribution in [3.8, 4) is 0 Å². The molecule has 1 saturated heterocycles. The van der Waals surface area contributed by atoms with E-state index >= 15 is 0 Å². The molecule has 0 saturated carbocycles. The quantitative estimate of drug-likeness (QED) is 0.756. The van der Waals surface area contributed by atoms with Gasteiger partial charge in [-0.2, -0.15) is 0 Å². The first-order valence-electron chi connectivity index (χ1n) is 11.2. The fourth-order valence-electron chi connectivity index (χ4n) is 4.88. The van der Waals surface area contributed by atoms with E-state index in [-0.39, 0.29) is 28.7 Å². The van der Waals surface area contributed by atoms with Crippen LogP contribution in [0.2, 0.25) is 0 Å². The van der Waals surface area contributed by atoms with Gasteiger partial charge in [0, 0.05) is 36.7 Å². The van der Waals surface area contributed by atoms with Gasteiger partial charge in [0.25, 0.3) is 5.56 Å². The number of carbonyl (C=O) groups excluding carboxylic acids is 2. The van der Waals surface area contributed by atoms with Crippen molar-refractivity contribution < 1.29 is 9.59 Å². The number of H-pyrrole nitrogens is 1. The molecule has 168 valence electrons. The van der Waals surface area contributed by atoms with Crippen LogP contribution in [0.25, 0.3) is 10.2 Å². The molecule has 3 N–H and O–H groups in total. The smallest absolute Gasteiger partial charge is 0.259 e. The molecule has 2 aromatic rings. The average molecular weight is 445 g/mol. The molecule has 0 aromatic carbocycles. The molecule has 0 spiro atoms. The number of nitrogens with two attached hydrogens (primary N) is 1. The van der Waals surface area contributed by atoms with Crippen LogP contribution in [0.1, 0.15) is 62.7 Å². The van der Waals surface area contributed by atoms with Crippen molar-refractivity contribution in [1.82, 2.24) is 14.9 Å². The summed E-state index contributed by atoms with van der Waals surface area (Å²) in [5.41, 5.74) is 6.71. The standard InChI is InChI=1S/C23H32N4O3S/c1-23(2,3)14-4-5-15-16(12-14)31-22-19(15)21(30)25-17(26-22)6-7-18(28)27-10-8-13(9-11-27)20(24)29/h13-14H,4-12H2,1-3H3,(H2,24,29)(H,25,26,30)/t14-/m1/s1. The highest BCUT2D eigenvalue weighted by Crippen LogP contribution is 2.42. The molecule has 0 unspecified atom stereocenters. The van der Waals surface area contributed by atoms with E-state index in [1.54, 1.807) is 16.2 Å². The highest BCUT2D eigenvalue weighted by atomic mass is 32.1. The topological polar surface area (TPSA) is 109 Å². The predicted molar refractivity (Wildman–Crippen MR) is 122 cm³/mol. The number of hydrogen-bond donors (Lipinski definition) is 2. The van der Waals surface area contributed by atoms with Crippen molar-refractivity contribution >= 4 is 33.4 Å². The second-order valence-corrected chi connectivity index (χ2v) is 11.1. The molecule has 0 radical (unpaired) electrons. The highest BCUT2D eigenvalue weighted by Gasteiger charge is 2.32. The van der Waals surface area contributed by atoms with Gasteiger partial charge in [-0.25, -0.2) is 4.98 Å². The summed E-state index contributed by atoms with van der Waals surface area (Å²) in [4.78, 5) is 48.2. The summed E-state index contributed by atoms with van der Waals surface area (Å²) in [5.74, 6) is 0.804. The lowest BCUT2D eigenvalue weighted by molar-refractivity contribution is -0.134. The molecule has 0 bridgehead atoms. The van der Waals surface area contributed by atoms with E-state index in [0.717, 1.165) is 29.5 Å². The molecule has 2 aliphatic rings. The molecule has 1 atom stereocenters. The molecule has 1 aliphatic carbocycles. The first-order chi connectivity index (χ1) is 14.6. The Bertz CT molecular complexity index is 1060. The largest absolute Gasteiger partial charge is 0.369 e. The monoisotopic (exact) mass is 444 g/mol. The first-order valence-corrected chi connectivity index (χ1v) is 12.1. The van der Waals surface area contributed by atoms with Crippen LogP contribution in [-0.2, 0) is 28.9 Å². The summed E-state index contributed by atoms with van der Waals surface area (Å²) in [7, 11) is 0. The fourth-order valence-corrected chi connectivity index (χ4v) is 6.20. The van der Waals surface area contributed by atoms with Crippen molar-refractivity contribution in [3.63, 3.8) is 0 Å². The minimum atomic E-state index is -0.283. The van der Waals surface area contributed by atoms with Crippen molar-refractivity contribution in [2.24, 2.45) is 23.0 Å². The highest BCUT2D eigenvalue weighted by molar-refractivity contribution is 7.18. The molecule has 7 nitrogen and oxygen atoms in total. The maximum absolute atomic E-state index is 12.8. The molecule has 3 heterocycles. The van der Waals surface area contributed by atoms with Crippen LogP contribution in [0.4, 0.5) is 0 Å². The van der Waals surface area contributed by atoms with Crippen LogP contribution in [0, 0.1) is 17.3 Å². The van der Waals surface area contributed by atoms with Crippen LogP contribution in [0.3, 0.4) is 0 Å². The van der Waals surface area contributed by atoms with Gasteiger partial charge in [-0.1, -0.05) is 20.8 Å². The number of thiophene rings is 1. The van der Waals surface area contributed by atoms with Gasteiger partial charge in [0.1, 0.15) is 10.7 Å². The maximum Gasteiger partial charge on any atom is 0.259 e. The molecule has 4 rings (SSSR count). The van der Waals surface area contributed by atoms with Crippen molar-refractivity contribution in [2.75, 3.05) is 13.1 Å². The van der Waals surface area contributed by atoms with Gasteiger partial charge in [-0.3, -0.25) is 14.4 Å². The number of primary amides is 1. The molecule has 31 heavy (non-hydrogen) atoms. The van der Waals surface area contributed by atoms with E-state index < -0.39 is 0 Å².